The summed E-state index contributed by atoms with van der Waals surface area (Å²) in [6, 6.07) is 23.7. The normalized spacial score (nSPS) is 16.7. The highest BCUT2D eigenvalue weighted by molar-refractivity contribution is 7.80. The molecule has 39 heavy (non-hydrogen) atoms. The van der Waals surface area contributed by atoms with E-state index >= 15 is 0 Å². The molecule has 3 heterocycles. The van der Waals surface area contributed by atoms with Crippen LogP contribution in [0.2, 0.25) is 0 Å². The number of nitrogens with zero attached hydrogens (tertiary/aromatic N) is 3. The zero-order valence-electron chi connectivity index (χ0n) is 22.6. The Balaban J connectivity index is 1.48. The number of rotatable bonds is 8. The molecule has 1 fully saturated rings. The fraction of sp³-hybridized carbons (Fsp3) is 0.258. The molecule has 2 aromatic heterocycles. The van der Waals surface area contributed by atoms with Crippen molar-refractivity contribution in [2.75, 3.05) is 19.0 Å². The lowest BCUT2D eigenvalue weighted by Crippen LogP contribution is -2.33. The molecule has 0 saturated carbocycles. The lowest BCUT2D eigenvalue weighted by molar-refractivity contribution is -0.116. The number of carbonyl (C=O) groups excluding carboxylic acids is 1. The Labute approximate surface area is 234 Å². The quantitative estimate of drug-likeness (QED) is 0.276. The smallest absolute Gasteiger partial charge is 0.226 e. The molecule has 7 nitrogen and oxygen atoms in total. The van der Waals surface area contributed by atoms with Crippen molar-refractivity contribution in [1.29, 1.82) is 0 Å². The van der Waals surface area contributed by atoms with E-state index in [9.17, 15) is 4.79 Å². The Morgan fingerprint density at radius 2 is 1.85 bits per heavy atom. The molecular weight excluding hydrogens is 506 g/mol. The van der Waals surface area contributed by atoms with Crippen molar-refractivity contribution in [3.63, 3.8) is 0 Å². The van der Waals surface area contributed by atoms with Gasteiger partial charge >= 0.3 is 0 Å². The average molecular weight is 540 g/mol. The summed E-state index contributed by atoms with van der Waals surface area (Å²) in [6.07, 6.45) is 2.10. The van der Waals surface area contributed by atoms with Crippen LogP contribution in [0.15, 0.2) is 79.0 Å². The van der Waals surface area contributed by atoms with Gasteiger partial charge in [-0.1, -0.05) is 30.3 Å². The summed E-state index contributed by atoms with van der Waals surface area (Å²) in [6.45, 7) is 6.69. The number of nitrogens with one attached hydrogen (secondary N) is 2. The Bertz CT molecular complexity index is 1500. The topological polar surface area (TPSA) is 71.4 Å². The first-order valence-corrected chi connectivity index (χ1v) is 13.4. The monoisotopic (exact) mass is 539 g/mol. The van der Waals surface area contributed by atoms with Crippen LogP contribution < -0.4 is 15.4 Å². The highest BCUT2D eigenvalue weighted by Crippen LogP contribution is 2.41. The van der Waals surface area contributed by atoms with Gasteiger partial charge in [-0.2, -0.15) is 0 Å². The van der Waals surface area contributed by atoms with Crippen LogP contribution in [0, 0.1) is 20.8 Å². The fourth-order valence-electron chi connectivity index (χ4n) is 5.37. The molecule has 2 aromatic carbocycles. The van der Waals surface area contributed by atoms with Crippen LogP contribution >= 0.6 is 12.2 Å². The molecule has 2 N–H and O–H groups in total. The van der Waals surface area contributed by atoms with Gasteiger partial charge in [-0.05, 0) is 80.5 Å². The first-order chi connectivity index (χ1) is 18.9. The zero-order chi connectivity index (χ0) is 27.5. The van der Waals surface area contributed by atoms with E-state index in [0.717, 1.165) is 45.3 Å². The molecule has 1 saturated heterocycles. The van der Waals surface area contributed by atoms with Gasteiger partial charge in [-0.25, -0.2) is 0 Å². The highest BCUT2D eigenvalue weighted by Gasteiger charge is 2.41. The molecule has 1 amide bonds. The molecule has 0 aliphatic carbocycles. The van der Waals surface area contributed by atoms with Crippen molar-refractivity contribution in [1.82, 2.24) is 19.8 Å². The molecule has 0 radical (unpaired) electrons. The third kappa shape index (κ3) is 5.38. The summed E-state index contributed by atoms with van der Waals surface area (Å²) < 4.78 is 7.71. The van der Waals surface area contributed by atoms with E-state index in [1.807, 2.05) is 67.6 Å². The lowest BCUT2D eigenvalue weighted by Gasteiger charge is -2.28. The lowest BCUT2D eigenvalue weighted by atomic mass is 9.96. The second-order valence-corrected chi connectivity index (χ2v) is 10.2. The maximum Gasteiger partial charge on any atom is 0.226 e. The van der Waals surface area contributed by atoms with E-state index in [-0.39, 0.29) is 18.0 Å². The summed E-state index contributed by atoms with van der Waals surface area (Å²) in [5, 5.41) is 7.16. The van der Waals surface area contributed by atoms with Gasteiger partial charge in [-0.3, -0.25) is 9.78 Å². The van der Waals surface area contributed by atoms with Crippen LogP contribution in [0.1, 0.15) is 46.7 Å². The van der Waals surface area contributed by atoms with E-state index in [1.165, 1.54) is 0 Å². The molecule has 5 rings (SSSR count). The molecular formula is C31H33N5O2S. The van der Waals surface area contributed by atoms with Gasteiger partial charge in [-0.15, -0.1) is 0 Å². The van der Waals surface area contributed by atoms with Gasteiger partial charge in [0, 0.05) is 48.0 Å². The standard InChI is InChI=1S/C31H33N5O2S/c1-20-10-5-6-13-26(20)33-28(37)15-17-35-30(29(34-31(35)39)27-14-7-8-16-32-27)25-18-21(2)36(22(25)3)23-11-9-12-24(19-23)38-4/h5-14,16,18-19,29-30H,15,17H2,1-4H3,(H,33,37)(H,34,39)/t29-,30+/m0/s1. The minimum Gasteiger partial charge on any atom is -0.497 e. The number of hydrogen-bond acceptors (Lipinski definition) is 4. The van der Waals surface area contributed by atoms with Crippen molar-refractivity contribution in [2.24, 2.45) is 0 Å². The van der Waals surface area contributed by atoms with Crippen molar-refractivity contribution in [3.05, 3.63) is 107 Å². The number of aryl methyl sites for hydroxylation is 2. The number of amides is 1. The van der Waals surface area contributed by atoms with Gasteiger partial charge in [0.1, 0.15) is 5.75 Å². The number of ether oxygens (including phenoxy) is 1. The number of benzene rings is 2. The van der Waals surface area contributed by atoms with Crippen molar-refractivity contribution in [2.45, 2.75) is 39.3 Å². The average Bonchev–Trinajstić information content (AvgIpc) is 3.43. The van der Waals surface area contributed by atoms with Gasteiger partial charge < -0.3 is 24.8 Å². The molecule has 2 atom stereocenters. The molecule has 1 aliphatic rings. The predicted molar refractivity (Wildman–Crippen MR) is 158 cm³/mol. The number of carbonyl (C=O) groups is 1. The van der Waals surface area contributed by atoms with E-state index in [2.05, 4.69) is 51.1 Å². The van der Waals surface area contributed by atoms with Crippen LogP contribution in [0.4, 0.5) is 5.69 Å². The second-order valence-electron chi connectivity index (χ2n) is 9.80. The summed E-state index contributed by atoms with van der Waals surface area (Å²) in [4.78, 5) is 19.7. The third-order valence-corrected chi connectivity index (χ3v) is 7.65. The number of methoxy groups -OCH3 is 1. The van der Waals surface area contributed by atoms with Gasteiger partial charge in [0.15, 0.2) is 5.11 Å². The van der Waals surface area contributed by atoms with Gasteiger partial charge in [0.25, 0.3) is 0 Å². The first-order valence-electron chi connectivity index (χ1n) is 13.0. The van der Waals surface area contributed by atoms with Crippen molar-refractivity contribution >= 4 is 28.9 Å². The summed E-state index contributed by atoms with van der Waals surface area (Å²) >= 11 is 5.84. The molecule has 200 valence electrons. The maximum absolute atomic E-state index is 13.0. The SMILES string of the molecule is COc1cccc(-n2c(C)cc([C@@H]3[C@H](c4ccccn4)NC(=S)N3CCC(=O)Nc3ccccc3C)c2C)c1. The number of hydrogen-bond donors (Lipinski definition) is 2. The van der Waals surface area contributed by atoms with Crippen molar-refractivity contribution < 1.29 is 9.53 Å². The van der Waals surface area contributed by atoms with Crippen LogP contribution in [0.5, 0.6) is 5.75 Å². The fourth-order valence-corrected chi connectivity index (χ4v) is 5.70. The summed E-state index contributed by atoms with van der Waals surface area (Å²) in [7, 11) is 1.68. The molecule has 8 heteroatoms. The van der Waals surface area contributed by atoms with Crippen LogP contribution in [-0.4, -0.2) is 39.1 Å². The molecule has 1 aliphatic heterocycles. The molecule has 4 aromatic rings. The van der Waals surface area contributed by atoms with E-state index in [0.29, 0.717) is 18.1 Å². The van der Waals surface area contributed by atoms with E-state index in [1.54, 1.807) is 13.3 Å². The zero-order valence-corrected chi connectivity index (χ0v) is 23.5. The summed E-state index contributed by atoms with van der Waals surface area (Å²) in [5.74, 6) is 0.756. The Morgan fingerprint density at radius 3 is 2.59 bits per heavy atom. The molecule has 0 unspecified atom stereocenters. The second kappa shape index (κ2) is 11.3. The minimum absolute atomic E-state index is 0.0472. The first kappa shape index (κ1) is 26.4. The maximum atomic E-state index is 13.0. The number of para-hydroxylation sites is 1. The Hall–Kier alpha value is -4.17. The number of thiocarbonyl (C=S) groups is 1. The predicted octanol–water partition coefficient (Wildman–Crippen LogP) is 5.81. The highest BCUT2D eigenvalue weighted by atomic mass is 32.1. The third-order valence-electron chi connectivity index (χ3n) is 7.30. The number of pyridine rings is 1. The van der Waals surface area contributed by atoms with E-state index in [4.69, 9.17) is 17.0 Å². The summed E-state index contributed by atoms with van der Waals surface area (Å²) in [5.41, 5.74) is 7.14. The number of aromatic nitrogens is 2. The number of anilines is 1. The Morgan fingerprint density at radius 1 is 1.05 bits per heavy atom. The van der Waals surface area contributed by atoms with Crippen molar-refractivity contribution in [3.8, 4) is 11.4 Å². The van der Waals surface area contributed by atoms with Crippen LogP contribution in [-0.2, 0) is 4.79 Å². The Kier molecular flexibility index (Phi) is 7.65. The molecule has 0 bridgehead atoms. The van der Waals surface area contributed by atoms with Crippen LogP contribution in [0.25, 0.3) is 5.69 Å². The van der Waals surface area contributed by atoms with Gasteiger partial charge in [0.2, 0.25) is 5.91 Å². The van der Waals surface area contributed by atoms with Gasteiger partial charge in [0.05, 0.1) is 24.9 Å². The molecule has 0 spiro atoms. The largest absolute Gasteiger partial charge is 0.497 e. The van der Waals surface area contributed by atoms with Crippen LogP contribution in [0.3, 0.4) is 0 Å². The van der Waals surface area contributed by atoms with E-state index < -0.39 is 0 Å². The minimum atomic E-state index is -0.155.